The number of anilines is 1. The number of rotatable bonds is 8. The summed E-state index contributed by atoms with van der Waals surface area (Å²) < 4.78 is 5.37. The Morgan fingerprint density at radius 1 is 1.20 bits per heavy atom. The van der Waals surface area contributed by atoms with E-state index >= 15 is 0 Å². The van der Waals surface area contributed by atoms with E-state index in [0.717, 1.165) is 32.8 Å². The lowest BCUT2D eigenvalue weighted by molar-refractivity contribution is -0.384. The molecular formula is C21H29N5O4. The van der Waals surface area contributed by atoms with Crippen LogP contribution in [0.1, 0.15) is 19.3 Å². The zero-order valence-electron chi connectivity index (χ0n) is 17.2. The van der Waals surface area contributed by atoms with Crippen LogP contribution in [0.4, 0.5) is 11.4 Å². The topological polar surface area (TPSA) is 103 Å². The number of benzene rings is 1. The van der Waals surface area contributed by atoms with Crippen LogP contribution in [-0.2, 0) is 9.53 Å². The first-order valence-electron chi connectivity index (χ1n) is 10.5. The molecule has 0 saturated carbocycles. The van der Waals surface area contributed by atoms with E-state index < -0.39 is 0 Å². The third-order valence-corrected chi connectivity index (χ3v) is 5.86. The number of nitriles is 1. The van der Waals surface area contributed by atoms with E-state index in [0.29, 0.717) is 51.1 Å². The zero-order chi connectivity index (χ0) is 21.3. The number of nitrogens with zero attached hydrogens (tertiary/aromatic N) is 5. The van der Waals surface area contributed by atoms with Crippen LogP contribution in [0.15, 0.2) is 24.3 Å². The molecule has 0 aromatic heterocycles. The summed E-state index contributed by atoms with van der Waals surface area (Å²) in [6.07, 6.45) is 1.64. The van der Waals surface area contributed by atoms with Gasteiger partial charge < -0.3 is 14.5 Å². The molecule has 2 fully saturated rings. The summed E-state index contributed by atoms with van der Waals surface area (Å²) in [6, 6.07) is 8.89. The highest BCUT2D eigenvalue weighted by molar-refractivity contribution is 5.79. The highest BCUT2D eigenvalue weighted by Gasteiger charge is 2.30. The SMILES string of the molecule is N#CCCN(CCN1CCOCC1)C(=O)C1CCN(c2ccccc2[N+](=O)[O-])CC1. The molecule has 9 heteroatoms. The maximum Gasteiger partial charge on any atom is 0.292 e. The van der Waals surface area contributed by atoms with Gasteiger partial charge in [-0.25, -0.2) is 0 Å². The normalized spacial score (nSPS) is 18.0. The lowest BCUT2D eigenvalue weighted by Crippen LogP contribution is -2.47. The molecule has 1 aromatic rings. The van der Waals surface area contributed by atoms with E-state index in [2.05, 4.69) is 11.0 Å². The molecule has 2 aliphatic heterocycles. The molecule has 3 rings (SSSR count). The summed E-state index contributed by atoms with van der Waals surface area (Å²) in [5.74, 6) is -0.00637. The van der Waals surface area contributed by atoms with Crippen LogP contribution >= 0.6 is 0 Å². The number of amides is 1. The van der Waals surface area contributed by atoms with Crippen molar-refractivity contribution >= 4 is 17.3 Å². The van der Waals surface area contributed by atoms with E-state index in [4.69, 9.17) is 10.00 Å². The predicted molar refractivity (Wildman–Crippen MR) is 112 cm³/mol. The summed E-state index contributed by atoms with van der Waals surface area (Å²) in [5.41, 5.74) is 0.713. The Labute approximate surface area is 176 Å². The molecule has 2 heterocycles. The van der Waals surface area contributed by atoms with Crippen LogP contribution in [0.5, 0.6) is 0 Å². The first-order chi connectivity index (χ1) is 14.6. The van der Waals surface area contributed by atoms with Crippen molar-refractivity contribution in [1.29, 1.82) is 5.26 Å². The molecule has 2 aliphatic rings. The molecule has 0 aliphatic carbocycles. The van der Waals surface area contributed by atoms with Crippen LogP contribution in [0, 0.1) is 27.4 Å². The second-order valence-electron chi connectivity index (χ2n) is 7.69. The Hall–Kier alpha value is -2.70. The monoisotopic (exact) mass is 415 g/mol. The Bertz CT molecular complexity index is 767. The molecule has 1 amide bonds. The molecule has 1 aromatic carbocycles. The molecule has 30 heavy (non-hydrogen) atoms. The summed E-state index contributed by atoms with van der Waals surface area (Å²) in [6.45, 7) is 6.24. The quantitative estimate of drug-likeness (QED) is 0.472. The second-order valence-corrected chi connectivity index (χ2v) is 7.69. The molecule has 9 nitrogen and oxygen atoms in total. The van der Waals surface area contributed by atoms with E-state index in [1.807, 2.05) is 9.80 Å². The fourth-order valence-corrected chi connectivity index (χ4v) is 4.12. The molecule has 0 unspecified atom stereocenters. The number of morpholine rings is 1. The Morgan fingerprint density at radius 3 is 2.57 bits per heavy atom. The van der Waals surface area contributed by atoms with Gasteiger partial charge in [-0.3, -0.25) is 19.8 Å². The van der Waals surface area contributed by atoms with Gasteiger partial charge >= 0.3 is 0 Å². The number of hydrogen-bond acceptors (Lipinski definition) is 7. The van der Waals surface area contributed by atoms with E-state index in [-0.39, 0.29) is 22.4 Å². The van der Waals surface area contributed by atoms with Crippen LogP contribution in [0.3, 0.4) is 0 Å². The molecule has 0 bridgehead atoms. The maximum atomic E-state index is 13.1. The van der Waals surface area contributed by atoms with Crippen LogP contribution in [0.25, 0.3) is 0 Å². The highest BCUT2D eigenvalue weighted by atomic mass is 16.6. The van der Waals surface area contributed by atoms with Crippen LogP contribution in [0.2, 0.25) is 0 Å². The Morgan fingerprint density at radius 2 is 1.90 bits per heavy atom. The van der Waals surface area contributed by atoms with Gasteiger partial charge in [0, 0.05) is 57.8 Å². The standard InChI is InChI=1S/C21H29N5O4/c22-8-3-9-25(13-12-23-14-16-30-17-15-23)21(27)18-6-10-24(11-7-18)19-4-1-2-5-20(19)26(28)29/h1-2,4-5,18H,3,6-7,9-17H2. The number of hydrogen-bond donors (Lipinski definition) is 0. The average molecular weight is 415 g/mol. The Balaban J connectivity index is 1.57. The van der Waals surface area contributed by atoms with Gasteiger partial charge in [-0.05, 0) is 18.9 Å². The van der Waals surface area contributed by atoms with Crippen molar-refractivity contribution in [3.63, 3.8) is 0 Å². The first-order valence-corrected chi connectivity index (χ1v) is 10.5. The number of carbonyl (C=O) groups is 1. The van der Waals surface area contributed by atoms with Gasteiger partial charge in [-0.15, -0.1) is 0 Å². The minimum atomic E-state index is -0.359. The van der Waals surface area contributed by atoms with Crippen molar-refractivity contribution in [3.8, 4) is 6.07 Å². The molecule has 2 saturated heterocycles. The minimum Gasteiger partial charge on any atom is -0.379 e. The lowest BCUT2D eigenvalue weighted by atomic mass is 9.94. The van der Waals surface area contributed by atoms with E-state index in [9.17, 15) is 14.9 Å². The molecule has 0 radical (unpaired) electrons. The fraction of sp³-hybridized carbons (Fsp3) is 0.619. The van der Waals surface area contributed by atoms with Crippen LogP contribution < -0.4 is 4.90 Å². The molecule has 0 atom stereocenters. The molecule has 0 N–H and O–H groups in total. The fourth-order valence-electron chi connectivity index (χ4n) is 4.12. The smallest absolute Gasteiger partial charge is 0.292 e. The minimum absolute atomic E-state index is 0.0979. The molecular weight excluding hydrogens is 386 g/mol. The predicted octanol–water partition coefficient (Wildman–Crippen LogP) is 1.89. The number of nitro groups is 1. The Kier molecular flexibility index (Phi) is 7.99. The number of nitro benzene ring substituents is 1. The van der Waals surface area contributed by atoms with Gasteiger partial charge in [0.2, 0.25) is 5.91 Å². The highest BCUT2D eigenvalue weighted by Crippen LogP contribution is 2.31. The van der Waals surface area contributed by atoms with Crippen molar-refractivity contribution in [2.24, 2.45) is 5.92 Å². The summed E-state index contributed by atoms with van der Waals surface area (Å²) >= 11 is 0. The number of carbonyl (C=O) groups excluding carboxylic acids is 1. The summed E-state index contributed by atoms with van der Waals surface area (Å²) in [4.78, 5) is 30.2. The van der Waals surface area contributed by atoms with Crippen molar-refractivity contribution in [1.82, 2.24) is 9.80 Å². The lowest BCUT2D eigenvalue weighted by Gasteiger charge is -2.36. The van der Waals surface area contributed by atoms with Gasteiger partial charge in [0.25, 0.3) is 5.69 Å². The van der Waals surface area contributed by atoms with E-state index in [1.165, 1.54) is 6.07 Å². The van der Waals surface area contributed by atoms with Gasteiger partial charge in [0.05, 0.1) is 30.6 Å². The third kappa shape index (κ3) is 5.68. The first kappa shape index (κ1) is 22.0. The van der Waals surface area contributed by atoms with Crippen molar-refractivity contribution in [2.75, 3.05) is 63.9 Å². The molecule has 0 spiro atoms. The van der Waals surface area contributed by atoms with Gasteiger partial charge in [0.15, 0.2) is 0 Å². The van der Waals surface area contributed by atoms with Gasteiger partial charge in [-0.2, -0.15) is 5.26 Å². The van der Waals surface area contributed by atoms with Gasteiger partial charge in [-0.1, -0.05) is 12.1 Å². The second kappa shape index (κ2) is 10.9. The van der Waals surface area contributed by atoms with Crippen molar-refractivity contribution in [2.45, 2.75) is 19.3 Å². The maximum absolute atomic E-state index is 13.1. The van der Waals surface area contributed by atoms with Crippen LogP contribution in [-0.4, -0.2) is 79.7 Å². The zero-order valence-corrected chi connectivity index (χ0v) is 17.2. The molecule has 162 valence electrons. The third-order valence-electron chi connectivity index (χ3n) is 5.86. The average Bonchev–Trinajstić information content (AvgIpc) is 2.79. The summed E-state index contributed by atoms with van der Waals surface area (Å²) in [5, 5.41) is 20.3. The number of ether oxygens (including phenoxy) is 1. The van der Waals surface area contributed by atoms with E-state index in [1.54, 1.807) is 18.2 Å². The summed E-state index contributed by atoms with van der Waals surface area (Å²) in [7, 11) is 0. The van der Waals surface area contributed by atoms with Gasteiger partial charge in [0.1, 0.15) is 5.69 Å². The van der Waals surface area contributed by atoms with Crippen molar-refractivity contribution < 1.29 is 14.5 Å². The number of piperidine rings is 1. The number of para-hydroxylation sites is 2. The largest absolute Gasteiger partial charge is 0.379 e. The van der Waals surface area contributed by atoms with Crippen molar-refractivity contribution in [3.05, 3.63) is 34.4 Å².